The fourth-order valence-electron chi connectivity index (χ4n) is 1.43. The minimum Gasteiger partial charge on any atom is -0.506 e. The lowest BCUT2D eigenvalue weighted by Crippen LogP contribution is -1.85. The number of thiophene rings is 1. The second-order valence-corrected chi connectivity index (χ2v) is 4.29. The molecule has 0 aliphatic heterocycles. The minimum atomic E-state index is 0.238. The molecule has 2 aromatic rings. The summed E-state index contributed by atoms with van der Waals surface area (Å²) in [5.74, 6) is 0.238. The van der Waals surface area contributed by atoms with Crippen molar-refractivity contribution in [2.45, 2.75) is 11.3 Å². The van der Waals surface area contributed by atoms with Crippen LogP contribution in [0.3, 0.4) is 0 Å². The Morgan fingerprint density at radius 1 is 1.57 bits per heavy atom. The molecule has 0 saturated heterocycles. The second kappa shape index (κ2) is 3.52. The van der Waals surface area contributed by atoms with Gasteiger partial charge in [-0.05, 0) is 23.1 Å². The van der Waals surface area contributed by atoms with Gasteiger partial charge in [0.1, 0.15) is 5.75 Å². The third kappa shape index (κ3) is 1.35. The van der Waals surface area contributed by atoms with Gasteiger partial charge in [0, 0.05) is 10.3 Å². The molecule has 1 aromatic carbocycles. The summed E-state index contributed by atoms with van der Waals surface area (Å²) in [6.45, 7) is 0. The molecule has 70 valence electrons. The molecule has 4 heteroatoms. The lowest BCUT2D eigenvalue weighted by atomic mass is 10.1. The summed E-state index contributed by atoms with van der Waals surface area (Å²) in [6, 6.07) is 5.60. The number of thiol groups is 1. The predicted molar refractivity (Wildman–Crippen MR) is 60.1 cm³/mol. The van der Waals surface area contributed by atoms with Crippen molar-refractivity contribution >= 4 is 34.1 Å². The summed E-state index contributed by atoms with van der Waals surface area (Å²) in [5.41, 5.74) is 0.893. The van der Waals surface area contributed by atoms with E-state index in [1.54, 1.807) is 6.07 Å². The lowest BCUT2D eigenvalue weighted by Gasteiger charge is -2.04. The molecule has 2 rings (SSSR count). The van der Waals surface area contributed by atoms with Gasteiger partial charge < -0.3 is 5.11 Å². The standard InChI is InChI=1S/C10H7NOS2/c11-3-1-6-7-2-4-14-10(7)8(12)5-9(6)13/h2,4-5,12-13H,1H2. The molecule has 0 aliphatic rings. The topological polar surface area (TPSA) is 44.0 Å². The third-order valence-electron chi connectivity index (χ3n) is 2.06. The largest absolute Gasteiger partial charge is 0.506 e. The highest BCUT2D eigenvalue weighted by Gasteiger charge is 2.10. The first-order valence-electron chi connectivity index (χ1n) is 4.02. The fourth-order valence-corrected chi connectivity index (χ4v) is 2.59. The molecule has 0 saturated carbocycles. The Labute approximate surface area is 90.8 Å². The number of nitriles is 1. The van der Waals surface area contributed by atoms with Crippen molar-refractivity contribution in [1.29, 1.82) is 5.26 Å². The van der Waals surface area contributed by atoms with Crippen molar-refractivity contribution in [2.24, 2.45) is 0 Å². The van der Waals surface area contributed by atoms with Gasteiger partial charge in [-0.25, -0.2) is 0 Å². The van der Waals surface area contributed by atoms with Crippen molar-refractivity contribution < 1.29 is 5.11 Å². The Morgan fingerprint density at radius 2 is 2.36 bits per heavy atom. The highest BCUT2D eigenvalue weighted by molar-refractivity contribution is 7.80. The van der Waals surface area contributed by atoms with Gasteiger partial charge in [-0.3, -0.25) is 0 Å². The molecular weight excluding hydrogens is 214 g/mol. The Kier molecular flexibility index (Phi) is 2.36. The summed E-state index contributed by atoms with van der Waals surface area (Å²) < 4.78 is 0.827. The van der Waals surface area contributed by atoms with Crippen LogP contribution in [0, 0.1) is 11.3 Å². The van der Waals surface area contributed by atoms with Crippen LogP contribution in [0.4, 0.5) is 0 Å². The molecule has 14 heavy (non-hydrogen) atoms. The van der Waals surface area contributed by atoms with Crippen LogP contribution in [0.2, 0.25) is 0 Å². The number of aromatic hydroxyl groups is 1. The molecule has 0 fully saturated rings. The summed E-state index contributed by atoms with van der Waals surface area (Å²) in [4.78, 5) is 0.676. The van der Waals surface area contributed by atoms with E-state index in [9.17, 15) is 5.11 Å². The van der Waals surface area contributed by atoms with Gasteiger partial charge >= 0.3 is 0 Å². The number of fused-ring (bicyclic) bond motifs is 1. The third-order valence-corrected chi connectivity index (χ3v) is 3.40. The number of phenolic OH excluding ortho intramolecular Hbond substituents is 1. The minimum absolute atomic E-state index is 0.238. The smallest absolute Gasteiger partial charge is 0.134 e. The number of benzene rings is 1. The van der Waals surface area contributed by atoms with Crippen LogP contribution in [-0.4, -0.2) is 5.11 Å². The molecule has 2 nitrogen and oxygen atoms in total. The average molecular weight is 221 g/mol. The summed E-state index contributed by atoms with van der Waals surface area (Å²) in [5, 5.41) is 21.1. The van der Waals surface area contributed by atoms with Crippen molar-refractivity contribution in [3.05, 3.63) is 23.1 Å². The normalized spacial score (nSPS) is 10.3. The summed E-state index contributed by atoms with van der Waals surface area (Å²) >= 11 is 5.72. The van der Waals surface area contributed by atoms with Crippen molar-refractivity contribution in [3.63, 3.8) is 0 Å². The number of hydrogen-bond donors (Lipinski definition) is 2. The molecule has 1 heterocycles. The molecular formula is C10H7NOS2. The molecule has 0 unspecified atom stereocenters. The molecule has 1 N–H and O–H groups in total. The molecule has 0 spiro atoms. The first-order valence-corrected chi connectivity index (χ1v) is 5.34. The molecule has 0 radical (unpaired) electrons. The van der Waals surface area contributed by atoms with Crippen LogP contribution in [0.1, 0.15) is 5.56 Å². The van der Waals surface area contributed by atoms with Gasteiger partial charge in [0.05, 0.1) is 17.2 Å². The van der Waals surface area contributed by atoms with Crippen molar-refractivity contribution in [2.75, 3.05) is 0 Å². The highest BCUT2D eigenvalue weighted by Crippen LogP contribution is 2.36. The summed E-state index contributed by atoms with van der Waals surface area (Å²) in [6.07, 6.45) is 0.326. The molecule has 0 atom stereocenters. The van der Waals surface area contributed by atoms with Gasteiger partial charge in [-0.15, -0.1) is 24.0 Å². The van der Waals surface area contributed by atoms with Crippen LogP contribution < -0.4 is 0 Å². The van der Waals surface area contributed by atoms with Gasteiger partial charge in [0.15, 0.2) is 0 Å². The summed E-state index contributed by atoms with van der Waals surface area (Å²) in [7, 11) is 0. The number of rotatable bonds is 1. The highest BCUT2D eigenvalue weighted by atomic mass is 32.1. The van der Waals surface area contributed by atoms with E-state index in [-0.39, 0.29) is 5.75 Å². The lowest BCUT2D eigenvalue weighted by molar-refractivity contribution is 0.481. The van der Waals surface area contributed by atoms with E-state index in [1.165, 1.54) is 11.3 Å². The number of phenols is 1. The van der Waals surface area contributed by atoms with E-state index < -0.39 is 0 Å². The molecule has 0 amide bonds. The van der Waals surface area contributed by atoms with Crippen LogP contribution in [0.25, 0.3) is 10.1 Å². The zero-order valence-electron chi connectivity index (χ0n) is 7.19. The Morgan fingerprint density at radius 3 is 3.07 bits per heavy atom. The number of nitrogens with zero attached hydrogens (tertiary/aromatic N) is 1. The van der Waals surface area contributed by atoms with E-state index in [0.717, 1.165) is 15.6 Å². The number of hydrogen-bond acceptors (Lipinski definition) is 4. The first-order chi connectivity index (χ1) is 6.74. The SMILES string of the molecule is N#CCc1c(S)cc(O)c2sccc12. The maximum absolute atomic E-state index is 9.61. The van der Waals surface area contributed by atoms with Gasteiger partial charge in [-0.1, -0.05) is 0 Å². The molecule has 0 aliphatic carbocycles. The zero-order valence-corrected chi connectivity index (χ0v) is 8.90. The van der Waals surface area contributed by atoms with E-state index in [2.05, 4.69) is 18.7 Å². The second-order valence-electron chi connectivity index (χ2n) is 2.89. The Balaban J connectivity index is 2.81. The van der Waals surface area contributed by atoms with Gasteiger partial charge in [0.25, 0.3) is 0 Å². The maximum atomic E-state index is 9.61. The molecule has 1 aromatic heterocycles. The maximum Gasteiger partial charge on any atom is 0.134 e. The van der Waals surface area contributed by atoms with Gasteiger partial charge in [0.2, 0.25) is 0 Å². The van der Waals surface area contributed by atoms with Crippen molar-refractivity contribution in [3.8, 4) is 11.8 Å². The quantitative estimate of drug-likeness (QED) is 0.727. The predicted octanol–water partition coefficient (Wildman–Crippen LogP) is 2.96. The zero-order chi connectivity index (χ0) is 10.1. The first kappa shape index (κ1) is 9.38. The van der Waals surface area contributed by atoms with Crippen LogP contribution in [-0.2, 0) is 6.42 Å². The van der Waals surface area contributed by atoms with E-state index in [4.69, 9.17) is 5.26 Å². The fraction of sp³-hybridized carbons (Fsp3) is 0.100. The van der Waals surface area contributed by atoms with Crippen LogP contribution in [0.15, 0.2) is 22.4 Å². The van der Waals surface area contributed by atoms with Crippen LogP contribution >= 0.6 is 24.0 Å². The van der Waals surface area contributed by atoms with E-state index >= 15 is 0 Å². The van der Waals surface area contributed by atoms with Crippen LogP contribution in [0.5, 0.6) is 5.75 Å². The van der Waals surface area contributed by atoms with Crippen molar-refractivity contribution in [1.82, 2.24) is 0 Å². The Bertz CT molecular complexity index is 525. The Hall–Kier alpha value is -1.18. The van der Waals surface area contributed by atoms with E-state index in [1.807, 2.05) is 11.4 Å². The monoisotopic (exact) mass is 221 g/mol. The molecule has 0 bridgehead atoms. The van der Waals surface area contributed by atoms with E-state index in [0.29, 0.717) is 11.3 Å². The average Bonchev–Trinajstić information content (AvgIpc) is 2.60. The van der Waals surface area contributed by atoms with Gasteiger partial charge in [-0.2, -0.15) is 5.26 Å².